The van der Waals surface area contributed by atoms with Gasteiger partial charge in [0.25, 0.3) is 0 Å². The highest BCUT2D eigenvalue weighted by molar-refractivity contribution is 7.08. The molecule has 1 N–H and O–H groups in total. The largest absolute Gasteiger partial charge is 0.314 e. The Hall–Kier alpha value is -1.52. The lowest BCUT2D eigenvalue weighted by Gasteiger charge is -2.14. The van der Waals surface area contributed by atoms with Crippen LogP contribution in [-0.4, -0.2) is 24.0 Å². The van der Waals surface area contributed by atoms with E-state index in [0.717, 1.165) is 30.8 Å². The average molecular weight is 285 g/mol. The molecular formula is C16H19N3S. The second kappa shape index (κ2) is 5.85. The van der Waals surface area contributed by atoms with Crippen molar-refractivity contribution in [2.24, 2.45) is 10.2 Å². The number of hydrogen-bond acceptors (Lipinski definition) is 4. The third kappa shape index (κ3) is 2.81. The zero-order valence-corrected chi connectivity index (χ0v) is 12.7. The molecule has 1 aromatic rings. The summed E-state index contributed by atoms with van der Waals surface area (Å²) in [4.78, 5) is 0. The molecule has 2 aliphatic rings. The van der Waals surface area contributed by atoms with E-state index in [1.807, 2.05) is 0 Å². The predicted octanol–water partition coefficient (Wildman–Crippen LogP) is 3.66. The number of nitrogens with one attached hydrogen (secondary N) is 1. The zero-order chi connectivity index (χ0) is 13.9. The van der Waals surface area contributed by atoms with E-state index in [0.29, 0.717) is 6.04 Å². The molecule has 2 heterocycles. The molecule has 0 spiro atoms. The smallest absolute Gasteiger partial charge is 0.0765 e. The molecule has 0 fully saturated rings. The topological polar surface area (TPSA) is 36.8 Å². The Kier molecular flexibility index (Phi) is 3.94. The number of thiophene rings is 1. The van der Waals surface area contributed by atoms with Gasteiger partial charge in [-0.25, -0.2) is 0 Å². The normalized spacial score (nSPS) is 17.6. The minimum absolute atomic E-state index is 0.516. The van der Waals surface area contributed by atoms with Crippen molar-refractivity contribution in [3.05, 3.63) is 40.1 Å². The van der Waals surface area contributed by atoms with E-state index in [9.17, 15) is 0 Å². The molecule has 3 rings (SSSR count). The zero-order valence-electron chi connectivity index (χ0n) is 11.9. The summed E-state index contributed by atoms with van der Waals surface area (Å²) < 4.78 is 0. The lowest BCUT2D eigenvalue weighted by atomic mass is 9.90. The lowest BCUT2D eigenvalue weighted by Crippen LogP contribution is -2.26. The van der Waals surface area contributed by atoms with E-state index < -0.39 is 0 Å². The molecular weight excluding hydrogens is 266 g/mol. The second-order valence-corrected chi connectivity index (χ2v) is 6.19. The van der Waals surface area contributed by atoms with Gasteiger partial charge in [0.1, 0.15) is 0 Å². The van der Waals surface area contributed by atoms with Crippen LogP contribution in [0.4, 0.5) is 0 Å². The van der Waals surface area contributed by atoms with Gasteiger partial charge in [0.15, 0.2) is 0 Å². The molecule has 1 aromatic heterocycles. The first-order chi connectivity index (χ1) is 9.74. The van der Waals surface area contributed by atoms with Crippen molar-refractivity contribution in [2.75, 3.05) is 6.54 Å². The van der Waals surface area contributed by atoms with Crippen molar-refractivity contribution < 1.29 is 0 Å². The first-order valence-electron chi connectivity index (χ1n) is 7.05. The Labute approximate surface area is 123 Å². The fourth-order valence-corrected chi connectivity index (χ4v) is 3.13. The van der Waals surface area contributed by atoms with E-state index in [1.165, 1.54) is 16.7 Å². The van der Waals surface area contributed by atoms with Crippen LogP contribution < -0.4 is 5.32 Å². The van der Waals surface area contributed by atoms with Gasteiger partial charge in [0.2, 0.25) is 0 Å². The number of fused-ring (bicyclic) bond motifs is 1. The molecule has 0 amide bonds. The van der Waals surface area contributed by atoms with E-state index in [-0.39, 0.29) is 0 Å². The SMILES string of the molecule is CC(C)NCCC1=NN=C2CC(c3ccsc3)=CC=C12. The maximum atomic E-state index is 4.37. The van der Waals surface area contributed by atoms with Crippen molar-refractivity contribution in [2.45, 2.75) is 32.7 Å². The maximum Gasteiger partial charge on any atom is 0.0765 e. The molecule has 104 valence electrons. The Bertz CT molecular complexity index is 604. The Morgan fingerprint density at radius 3 is 2.95 bits per heavy atom. The predicted molar refractivity (Wildman–Crippen MR) is 87.6 cm³/mol. The molecule has 0 bridgehead atoms. The molecule has 0 aromatic carbocycles. The minimum Gasteiger partial charge on any atom is -0.314 e. The molecule has 0 atom stereocenters. The van der Waals surface area contributed by atoms with Gasteiger partial charge in [0, 0.05) is 31.0 Å². The van der Waals surface area contributed by atoms with Crippen molar-refractivity contribution >= 4 is 28.3 Å². The summed E-state index contributed by atoms with van der Waals surface area (Å²) in [5, 5.41) is 16.5. The second-order valence-electron chi connectivity index (χ2n) is 5.41. The molecule has 0 saturated heterocycles. The molecule has 0 radical (unpaired) electrons. The molecule has 0 unspecified atom stereocenters. The van der Waals surface area contributed by atoms with Crippen LogP contribution in [0.2, 0.25) is 0 Å². The van der Waals surface area contributed by atoms with Gasteiger partial charge in [-0.05, 0) is 28.0 Å². The molecule has 4 heteroatoms. The van der Waals surface area contributed by atoms with Gasteiger partial charge in [-0.3, -0.25) is 0 Å². The van der Waals surface area contributed by atoms with E-state index in [4.69, 9.17) is 0 Å². The third-order valence-corrected chi connectivity index (χ3v) is 4.21. The van der Waals surface area contributed by atoms with Crippen LogP contribution in [0.3, 0.4) is 0 Å². The van der Waals surface area contributed by atoms with E-state index in [2.05, 4.69) is 58.3 Å². The summed E-state index contributed by atoms with van der Waals surface area (Å²) in [5.74, 6) is 0. The number of allylic oxidation sites excluding steroid dienone is 4. The quantitative estimate of drug-likeness (QED) is 0.880. The number of hydrogen-bond donors (Lipinski definition) is 1. The fraction of sp³-hybridized carbons (Fsp3) is 0.375. The van der Waals surface area contributed by atoms with Crippen molar-refractivity contribution in [1.29, 1.82) is 0 Å². The average Bonchev–Trinajstić information content (AvgIpc) is 3.07. The van der Waals surface area contributed by atoms with Crippen LogP contribution >= 0.6 is 11.3 Å². The van der Waals surface area contributed by atoms with Gasteiger partial charge in [0.05, 0.1) is 11.4 Å². The third-order valence-electron chi connectivity index (χ3n) is 3.53. The van der Waals surface area contributed by atoms with E-state index >= 15 is 0 Å². The van der Waals surface area contributed by atoms with Crippen LogP contribution in [0, 0.1) is 0 Å². The van der Waals surface area contributed by atoms with Gasteiger partial charge >= 0.3 is 0 Å². The van der Waals surface area contributed by atoms with Crippen molar-refractivity contribution in [3.63, 3.8) is 0 Å². The summed E-state index contributed by atoms with van der Waals surface area (Å²) in [6.45, 7) is 5.28. The minimum atomic E-state index is 0.516. The highest BCUT2D eigenvalue weighted by atomic mass is 32.1. The van der Waals surface area contributed by atoms with Crippen LogP contribution in [-0.2, 0) is 0 Å². The highest BCUT2D eigenvalue weighted by Crippen LogP contribution is 2.29. The van der Waals surface area contributed by atoms with Crippen LogP contribution in [0.1, 0.15) is 32.3 Å². The Morgan fingerprint density at radius 2 is 2.20 bits per heavy atom. The first kappa shape index (κ1) is 13.5. The molecule has 0 saturated carbocycles. The van der Waals surface area contributed by atoms with Gasteiger partial charge in [-0.2, -0.15) is 21.5 Å². The van der Waals surface area contributed by atoms with Gasteiger partial charge < -0.3 is 5.32 Å². The standard InChI is InChI=1S/C16H19N3S/c1-11(2)17-7-5-15-14-4-3-12(9-16(14)19-18-15)13-6-8-20-10-13/h3-4,6,8,10-11,17H,5,7,9H2,1-2H3. The van der Waals surface area contributed by atoms with Crippen LogP contribution in [0.15, 0.2) is 44.8 Å². The molecule has 20 heavy (non-hydrogen) atoms. The number of nitrogens with zero attached hydrogens (tertiary/aromatic N) is 2. The Morgan fingerprint density at radius 1 is 1.30 bits per heavy atom. The van der Waals surface area contributed by atoms with Crippen molar-refractivity contribution in [1.82, 2.24) is 5.32 Å². The Balaban J connectivity index is 1.69. The van der Waals surface area contributed by atoms with E-state index in [1.54, 1.807) is 11.3 Å². The summed E-state index contributed by atoms with van der Waals surface area (Å²) in [7, 11) is 0. The van der Waals surface area contributed by atoms with Gasteiger partial charge in [-0.15, -0.1) is 0 Å². The highest BCUT2D eigenvalue weighted by Gasteiger charge is 2.23. The van der Waals surface area contributed by atoms with Gasteiger partial charge in [-0.1, -0.05) is 26.0 Å². The summed E-state index contributed by atoms with van der Waals surface area (Å²) >= 11 is 1.73. The molecule has 1 aliphatic carbocycles. The fourth-order valence-electron chi connectivity index (χ4n) is 2.45. The molecule has 3 nitrogen and oxygen atoms in total. The number of rotatable bonds is 5. The van der Waals surface area contributed by atoms with Crippen LogP contribution in [0.25, 0.3) is 5.57 Å². The summed E-state index contributed by atoms with van der Waals surface area (Å²) in [6, 6.07) is 2.68. The maximum absolute atomic E-state index is 4.37. The lowest BCUT2D eigenvalue weighted by molar-refractivity contribution is 0.600. The summed E-state index contributed by atoms with van der Waals surface area (Å²) in [5.41, 5.74) is 6.12. The monoisotopic (exact) mass is 285 g/mol. The molecule has 1 aliphatic heterocycles. The first-order valence-corrected chi connectivity index (χ1v) is 7.99. The summed E-state index contributed by atoms with van der Waals surface area (Å²) in [6.07, 6.45) is 6.23. The van der Waals surface area contributed by atoms with Crippen molar-refractivity contribution in [3.8, 4) is 0 Å². The van der Waals surface area contributed by atoms with Crippen LogP contribution in [0.5, 0.6) is 0 Å².